The molecular weight excluding hydrogens is 630 g/mol. The van der Waals surface area contributed by atoms with Gasteiger partial charge in [-0.3, -0.25) is 14.4 Å². The van der Waals surface area contributed by atoms with E-state index in [1.54, 1.807) is 19.9 Å². The molecule has 11 nitrogen and oxygen atoms in total. The van der Waals surface area contributed by atoms with Gasteiger partial charge in [-0.2, -0.15) is 0 Å². The number of hydrogen-bond donors (Lipinski definition) is 4. The number of carboxylic acid groups (broad SMARTS) is 1. The van der Waals surface area contributed by atoms with Crippen molar-refractivity contribution in [2.75, 3.05) is 5.32 Å². The molecule has 0 bridgehead atoms. The first-order chi connectivity index (χ1) is 22.9. The van der Waals surface area contributed by atoms with Crippen LogP contribution in [0.1, 0.15) is 129 Å². The Morgan fingerprint density at radius 3 is 2.27 bits per heavy atom. The minimum Gasteiger partial charge on any atom is -0.478 e. The van der Waals surface area contributed by atoms with Crippen molar-refractivity contribution in [2.45, 2.75) is 156 Å². The van der Waals surface area contributed by atoms with Crippen LogP contribution in [0.15, 0.2) is 6.07 Å². The number of amides is 1. The first kappa shape index (κ1) is 40.6. The molecule has 0 aliphatic carbocycles. The summed E-state index contributed by atoms with van der Waals surface area (Å²) in [7, 11) is 0. The first-order valence-corrected chi connectivity index (χ1v) is 18.0. The molecule has 10 atom stereocenters. The van der Waals surface area contributed by atoms with Gasteiger partial charge in [0.05, 0.1) is 35.6 Å². The number of Topliss-reactive ketones (excluding diaryl/α,β-unsaturated/α-hetero) is 1. The molecule has 2 saturated heterocycles. The molecule has 276 valence electrons. The summed E-state index contributed by atoms with van der Waals surface area (Å²) < 4.78 is 18.6. The Hall–Kier alpha value is -2.86. The van der Waals surface area contributed by atoms with E-state index in [4.69, 9.17) is 14.2 Å². The molecular formula is C38H59NO10. The summed E-state index contributed by atoms with van der Waals surface area (Å²) in [4.78, 5) is 50.4. The number of ether oxygens (including phenoxy) is 3. The predicted octanol–water partition coefficient (Wildman–Crippen LogP) is 6.02. The average molecular weight is 690 g/mol. The largest absolute Gasteiger partial charge is 0.478 e. The minimum absolute atomic E-state index is 0.0797. The zero-order chi connectivity index (χ0) is 37.0. The van der Waals surface area contributed by atoms with Crippen molar-refractivity contribution >= 4 is 29.3 Å². The maximum atomic E-state index is 14.1. The van der Waals surface area contributed by atoms with E-state index in [-0.39, 0.29) is 59.0 Å². The molecule has 2 aliphatic rings. The average Bonchev–Trinajstić information content (AvgIpc) is 3.38. The normalized spacial score (nSPS) is 29.5. The summed E-state index contributed by atoms with van der Waals surface area (Å²) >= 11 is 0. The van der Waals surface area contributed by atoms with Crippen molar-refractivity contribution < 1.29 is 48.7 Å². The zero-order valence-electron chi connectivity index (χ0n) is 31.1. The van der Waals surface area contributed by atoms with E-state index in [9.17, 15) is 34.5 Å². The molecule has 11 heteroatoms. The molecule has 0 spiro atoms. The number of aromatic carboxylic acids is 1. The number of hydrogen-bond acceptors (Lipinski definition) is 9. The van der Waals surface area contributed by atoms with Gasteiger partial charge in [0.15, 0.2) is 0 Å². The molecule has 49 heavy (non-hydrogen) atoms. The summed E-state index contributed by atoms with van der Waals surface area (Å²) in [6.45, 7) is 17.7. The maximum Gasteiger partial charge on any atom is 0.339 e. The third-order valence-corrected chi connectivity index (χ3v) is 11.3. The topological polar surface area (TPSA) is 169 Å². The maximum absolute atomic E-state index is 14.1. The fourth-order valence-corrected chi connectivity index (χ4v) is 8.15. The molecule has 1 aromatic carbocycles. The van der Waals surface area contributed by atoms with Crippen molar-refractivity contribution in [1.82, 2.24) is 0 Å². The van der Waals surface area contributed by atoms with E-state index >= 15 is 0 Å². The van der Waals surface area contributed by atoms with Crippen molar-refractivity contribution in [1.29, 1.82) is 0 Å². The highest BCUT2D eigenvalue weighted by atomic mass is 16.6. The lowest BCUT2D eigenvalue weighted by molar-refractivity contribution is -0.229. The Kier molecular flexibility index (Phi) is 13.6. The first-order valence-electron chi connectivity index (χ1n) is 18.0. The van der Waals surface area contributed by atoms with Crippen LogP contribution in [-0.2, 0) is 30.3 Å². The molecule has 0 radical (unpaired) electrons. The lowest BCUT2D eigenvalue weighted by Gasteiger charge is -2.47. The number of esters is 1. The number of carbonyl (C=O) groups excluding carboxylic acids is 3. The highest BCUT2D eigenvalue weighted by Crippen LogP contribution is 2.48. The van der Waals surface area contributed by atoms with Gasteiger partial charge in [0, 0.05) is 31.4 Å². The highest BCUT2D eigenvalue weighted by Gasteiger charge is 2.55. The Bertz CT molecular complexity index is 1380. The number of aryl methyl sites for hydroxylation is 1. The lowest BCUT2D eigenvalue weighted by Crippen LogP contribution is -2.55. The third kappa shape index (κ3) is 8.72. The molecule has 1 aromatic rings. The second-order valence-electron chi connectivity index (χ2n) is 14.7. The number of benzene rings is 1. The van der Waals surface area contributed by atoms with Crippen LogP contribution in [0.5, 0.6) is 5.75 Å². The van der Waals surface area contributed by atoms with Crippen LogP contribution in [0.2, 0.25) is 0 Å². The molecule has 3 rings (SSSR count). The van der Waals surface area contributed by atoms with Gasteiger partial charge in [0.1, 0.15) is 17.1 Å². The van der Waals surface area contributed by atoms with E-state index in [1.165, 1.54) is 13.8 Å². The third-order valence-electron chi connectivity index (χ3n) is 11.3. The van der Waals surface area contributed by atoms with Gasteiger partial charge in [0.25, 0.3) is 0 Å². The van der Waals surface area contributed by atoms with Crippen LogP contribution >= 0.6 is 0 Å². The molecule has 2 heterocycles. The van der Waals surface area contributed by atoms with Gasteiger partial charge in [-0.05, 0) is 94.2 Å². The van der Waals surface area contributed by atoms with Gasteiger partial charge in [-0.15, -0.1) is 0 Å². The standard InChI is InChI=1S/C38H59NO10/c1-11-27(34-22(6)19-38(13-3,49-34)30-16-17-37(46,12-2)24(8)47-30)33(43)23(7)32(42)20(4)14-15-28-29(39-25(9)40)18-21(5)35(48-26(10)41)31(28)36(44)45/h18,20,22-24,27,30,32,34,42,46H,11-17,19H2,1-10H3,(H,39,40)(H,44,45). The number of nitrogens with one attached hydrogen (secondary N) is 1. The number of ketones is 1. The van der Waals surface area contributed by atoms with Crippen LogP contribution in [0.25, 0.3) is 0 Å². The molecule has 10 unspecified atom stereocenters. The van der Waals surface area contributed by atoms with E-state index in [1.807, 2.05) is 27.7 Å². The SMILES string of the molecule is CCC(C(=O)C(C)C(O)C(C)CCc1c(NC(C)=O)cc(C)c(OC(C)=O)c1C(=O)O)C1OC(CC)(C2CCC(O)(CC)C(C)O2)CC1C. The van der Waals surface area contributed by atoms with Gasteiger partial charge in [-0.25, -0.2) is 4.79 Å². The smallest absolute Gasteiger partial charge is 0.339 e. The van der Waals surface area contributed by atoms with Crippen molar-refractivity contribution in [3.63, 3.8) is 0 Å². The quantitative estimate of drug-likeness (QED) is 0.126. The molecule has 2 aliphatic heterocycles. The number of carbonyl (C=O) groups is 4. The van der Waals surface area contributed by atoms with Gasteiger partial charge in [0.2, 0.25) is 5.91 Å². The van der Waals surface area contributed by atoms with Crippen LogP contribution < -0.4 is 10.1 Å². The van der Waals surface area contributed by atoms with Crippen LogP contribution in [0, 0.1) is 30.6 Å². The molecule has 0 saturated carbocycles. The van der Waals surface area contributed by atoms with Gasteiger partial charge >= 0.3 is 11.9 Å². The summed E-state index contributed by atoms with van der Waals surface area (Å²) in [6, 6.07) is 1.57. The number of aliphatic hydroxyl groups is 2. The van der Waals surface area contributed by atoms with Crippen molar-refractivity contribution in [3.8, 4) is 5.75 Å². The highest BCUT2D eigenvalue weighted by molar-refractivity contribution is 5.99. The van der Waals surface area contributed by atoms with Crippen molar-refractivity contribution in [3.05, 3.63) is 22.8 Å². The Morgan fingerprint density at radius 2 is 1.76 bits per heavy atom. The fourth-order valence-electron chi connectivity index (χ4n) is 8.15. The van der Waals surface area contributed by atoms with Crippen LogP contribution in [0.3, 0.4) is 0 Å². The molecule has 2 fully saturated rings. The predicted molar refractivity (Wildman–Crippen MR) is 186 cm³/mol. The Labute approximate surface area is 291 Å². The van der Waals surface area contributed by atoms with E-state index in [2.05, 4.69) is 19.2 Å². The second kappa shape index (κ2) is 16.4. The summed E-state index contributed by atoms with van der Waals surface area (Å²) in [5, 5.41) is 35.3. The Morgan fingerprint density at radius 1 is 1.10 bits per heavy atom. The summed E-state index contributed by atoms with van der Waals surface area (Å²) in [6.07, 6.45) is 2.45. The molecule has 4 N–H and O–H groups in total. The number of anilines is 1. The van der Waals surface area contributed by atoms with E-state index in [0.29, 0.717) is 44.1 Å². The number of carboxylic acids is 1. The number of aliphatic hydroxyl groups excluding tert-OH is 1. The summed E-state index contributed by atoms with van der Waals surface area (Å²) in [5.41, 5.74) is -0.710. The zero-order valence-corrected chi connectivity index (χ0v) is 31.1. The van der Waals surface area contributed by atoms with E-state index < -0.39 is 52.9 Å². The van der Waals surface area contributed by atoms with Gasteiger partial charge < -0.3 is 34.8 Å². The summed E-state index contributed by atoms with van der Waals surface area (Å²) in [5.74, 6) is -4.06. The van der Waals surface area contributed by atoms with E-state index in [0.717, 1.165) is 6.42 Å². The van der Waals surface area contributed by atoms with Crippen molar-refractivity contribution in [2.24, 2.45) is 23.7 Å². The minimum atomic E-state index is -1.31. The van der Waals surface area contributed by atoms with Crippen LogP contribution in [0.4, 0.5) is 5.69 Å². The monoisotopic (exact) mass is 689 g/mol. The molecule has 0 aromatic heterocycles. The van der Waals surface area contributed by atoms with Gasteiger partial charge in [-0.1, -0.05) is 41.5 Å². The number of rotatable bonds is 15. The second-order valence-corrected chi connectivity index (χ2v) is 14.7. The Balaban J connectivity index is 1.79. The van der Waals surface area contributed by atoms with Crippen LogP contribution in [-0.4, -0.2) is 74.6 Å². The molecule has 1 amide bonds. The fraction of sp³-hybridized carbons (Fsp3) is 0.737. The lowest BCUT2D eigenvalue weighted by atomic mass is 9.76.